The SMILES string of the molecule is Cc1nn(C(C)C)c(C)c1NC(=O)CCn1ncc2c(C)cccc21. The van der Waals surface area contributed by atoms with E-state index in [4.69, 9.17) is 0 Å². The fourth-order valence-electron chi connectivity index (χ4n) is 3.18. The lowest BCUT2D eigenvalue weighted by molar-refractivity contribution is -0.116. The summed E-state index contributed by atoms with van der Waals surface area (Å²) in [5.41, 5.74) is 4.91. The highest BCUT2D eigenvalue weighted by molar-refractivity contribution is 5.92. The Morgan fingerprint density at radius 2 is 2.00 bits per heavy atom. The Hall–Kier alpha value is -2.63. The Labute approximate surface area is 147 Å². The van der Waals surface area contributed by atoms with Crippen LogP contribution in [-0.2, 0) is 11.3 Å². The van der Waals surface area contributed by atoms with Crippen molar-refractivity contribution in [3.8, 4) is 0 Å². The molecule has 0 fully saturated rings. The second-order valence-electron chi connectivity index (χ2n) is 6.76. The van der Waals surface area contributed by atoms with Gasteiger partial charge in [-0.15, -0.1) is 0 Å². The molecule has 1 amide bonds. The number of rotatable bonds is 5. The molecule has 0 aliphatic carbocycles. The predicted molar refractivity (Wildman–Crippen MR) is 99.8 cm³/mol. The molecule has 0 radical (unpaired) electrons. The molecule has 0 aliphatic heterocycles. The van der Waals surface area contributed by atoms with Gasteiger partial charge in [-0.25, -0.2) is 0 Å². The number of amides is 1. The van der Waals surface area contributed by atoms with Crippen LogP contribution >= 0.6 is 0 Å². The smallest absolute Gasteiger partial charge is 0.226 e. The normalized spacial score (nSPS) is 11.4. The van der Waals surface area contributed by atoms with E-state index in [0.29, 0.717) is 13.0 Å². The van der Waals surface area contributed by atoms with Crippen LogP contribution in [0, 0.1) is 20.8 Å². The molecule has 0 bridgehead atoms. The highest BCUT2D eigenvalue weighted by Crippen LogP contribution is 2.23. The summed E-state index contributed by atoms with van der Waals surface area (Å²) in [7, 11) is 0. The maximum absolute atomic E-state index is 12.4. The minimum atomic E-state index is -0.0224. The third kappa shape index (κ3) is 3.29. The van der Waals surface area contributed by atoms with E-state index in [1.54, 1.807) is 0 Å². The summed E-state index contributed by atoms with van der Waals surface area (Å²) in [5, 5.41) is 13.1. The largest absolute Gasteiger partial charge is 0.323 e. The second-order valence-corrected chi connectivity index (χ2v) is 6.76. The Balaban J connectivity index is 1.70. The van der Waals surface area contributed by atoms with E-state index < -0.39 is 0 Å². The van der Waals surface area contributed by atoms with E-state index in [1.807, 2.05) is 41.5 Å². The number of anilines is 1. The summed E-state index contributed by atoms with van der Waals surface area (Å²) in [5.74, 6) is -0.0224. The molecular formula is C19H25N5O. The van der Waals surface area contributed by atoms with Gasteiger partial charge in [0, 0.05) is 17.8 Å². The first-order valence-electron chi connectivity index (χ1n) is 8.65. The van der Waals surface area contributed by atoms with Crippen LogP contribution in [0.2, 0.25) is 0 Å². The molecule has 0 atom stereocenters. The molecule has 0 aliphatic rings. The molecule has 0 unspecified atom stereocenters. The van der Waals surface area contributed by atoms with Crippen molar-refractivity contribution in [2.24, 2.45) is 0 Å². The molecule has 6 nitrogen and oxygen atoms in total. The van der Waals surface area contributed by atoms with Crippen LogP contribution in [0.1, 0.15) is 43.3 Å². The zero-order valence-electron chi connectivity index (χ0n) is 15.5. The minimum Gasteiger partial charge on any atom is -0.323 e. The number of aromatic nitrogens is 4. The molecule has 3 rings (SSSR count). The van der Waals surface area contributed by atoms with Crippen molar-refractivity contribution >= 4 is 22.5 Å². The Bertz CT molecular complexity index is 919. The van der Waals surface area contributed by atoms with Crippen molar-refractivity contribution in [2.75, 3.05) is 5.32 Å². The fraction of sp³-hybridized carbons (Fsp3) is 0.421. The molecule has 0 spiro atoms. The lowest BCUT2D eigenvalue weighted by Crippen LogP contribution is -2.16. The molecular weight excluding hydrogens is 314 g/mol. The van der Waals surface area contributed by atoms with E-state index in [0.717, 1.165) is 28.0 Å². The van der Waals surface area contributed by atoms with Crippen LogP contribution in [0.4, 0.5) is 5.69 Å². The lowest BCUT2D eigenvalue weighted by atomic mass is 10.1. The fourth-order valence-corrected chi connectivity index (χ4v) is 3.18. The van der Waals surface area contributed by atoms with Crippen LogP contribution in [0.5, 0.6) is 0 Å². The van der Waals surface area contributed by atoms with Crippen molar-refractivity contribution in [3.05, 3.63) is 41.3 Å². The monoisotopic (exact) mass is 339 g/mol. The number of benzene rings is 1. The topological polar surface area (TPSA) is 64.7 Å². The number of carbonyl (C=O) groups excluding carboxylic acids is 1. The second kappa shape index (κ2) is 6.70. The summed E-state index contributed by atoms with van der Waals surface area (Å²) in [6.45, 7) is 10.7. The number of nitrogens with zero attached hydrogens (tertiary/aromatic N) is 4. The van der Waals surface area contributed by atoms with Crippen molar-refractivity contribution in [3.63, 3.8) is 0 Å². The zero-order valence-corrected chi connectivity index (χ0v) is 15.5. The van der Waals surface area contributed by atoms with E-state index in [-0.39, 0.29) is 11.9 Å². The molecule has 2 heterocycles. The molecule has 25 heavy (non-hydrogen) atoms. The zero-order chi connectivity index (χ0) is 18.1. The molecule has 6 heteroatoms. The first-order chi connectivity index (χ1) is 11.9. The Kier molecular flexibility index (Phi) is 4.61. The standard InChI is InChI=1S/C19H25N5O/c1-12(2)24-15(5)19(14(4)22-24)21-18(25)9-10-23-17-8-6-7-13(3)16(17)11-20-23/h6-8,11-12H,9-10H2,1-5H3,(H,21,25). The third-order valence-corrected chi connectivity index (χ3v) is 4.53. The maximum Gasteiger partial charge on any atom is 0.226 e. The summed E-state index contributed by atoms with van der Waals surface area (Å²) >= 11 is 0. The van der Waals surface area contributed by atoms with Crippen LogP contribution in [0.25, 0.3) is 10.9 Å². The molecule has 1 aromatic carbocycles. The van der Waals surface area contributed by atoms with E-state index in [9.17, 15) is 4.79 Å². The van der Waals surface area contributed by atoms with Crippen molar-refractivity contribution in [2.45, 2.75) is 53.6 Å². The molecule has 1 N–H and O–H groups in total. The minimum absolute atomic E-state index is 0.0224. The van der Waals surface area contributed by atoms with Crippen LogP contribution in [0.3, 0.4) is 0 Å². The van der Waals surface area contributed by atoms with Gasteiger partial charge in [-0.1, -0.05) is 12.1 Å². The predicted octanol–water partition coefficient (Wildman–Crippen LogP) is 3.77. The van der Waals surface area contributed by atoms with Crippen molar-refractivity contribution in [1.29, 1.82) is 0 Å². The van der Waals surface area contributed by atoms with Crippen LogP contribution in [-0.4, -0.2) is 25.5 Å². The first kappa shape index (κ1) is 17.2. The quantitative estimate of drug-likeness (QED) is 0.769. The Morgan fingerprint density at radius 3 is 2.68 bits per heavy atom. The molecule has 2 aromatic heterocycles. The van der Waals surface area contributed by atoms with E-state index >= 15 is 0 Å². The van der Waals surface area contributed by atoms with Gasteiger partial charge in [-0.2, -0.15) is 10.2 Å². The third-order valence-electron chi connectivity index (χ3n) is 4.53. The van der Waals surface area contributed by atoms with Gasteiger partial charge in [0.1, 0.15) is 0 Å². The number of nitrogens with one attached hydrogen (secondary N) is 1. The lowest BCUT2D eigenvalue weighted by Gasteiger charge is -2.09. The summed E-state index contributed by atoms with van der Waals surface area (Å²) in [6.07, 6.45) is 2.24. The van der Waals surface area contributed by atoms with Crippen LogP contribution in [0.15, 0.2) is 24.4 Å². The number of fused-ring (bicyclic) bond motifs is 1. The van der Waals surface area contributed by atoms with E-state index in [1.165, 1.54) is 5.56 Å². The summed E-state index contributed by atoms with van der Waals surface area (Å²) < 4.78 is 3.83. The molecule has 132 valence electrons. The van der Waals surface area contributed by atoms with Gasteiger partial charge in [-0.3, -0.25) is 14.2 Å². The van der Waals surface area contributed by atoms with Gasteiger partial charge in [0.25, 0.3) is 0 Å². The van der Waals surface area contributed by atoms with Crippen LogP contribution < -0.4 is 5.32 Å². The summed E-state index contributed by atoms with van der Waals surface area (Å²) in [4.78, 5) is 12.4. The summed E-state index contributed by atoms with van der Waals surface area (Å²) in [6, 6.07) is 6.39. The van der Waals surface area contributed by atoms with Gasteiger partial charge < -0.3 is 5.32 Å². The number of hydrogen-bond acceptors (Lipinski definition) is 3. The van der Waals surface area contributed by atoms with Gasteiger partial charge in [0.05, 0.1) is 35.3 Å². The number of hydrogen-bond donors (Lipinski definition) is 1. The van der Waals surface area contributed by atoms with Gasteiger partial charge in [0.15, 0.2) is 0 Å². The Morgan fingerprint density at radius 1 is 1.24 bits per heavy atom. The van der Waals surface area contributed by atoms with Crippen molar-refractivity contribution in [1.82, 2.24) is 19.6 Å². The molecule has 0 saturated heterocycles. The van der Waals surface area contributed by atoms with Gasteiger partial charge in [0.2, 0.25) is 5.91 Å². The average Bonchev–Trinajstić information content (AvgIpc) is 3.10. The average molecular weight is 339 g/mol. The molecule has 3 aromatic rings. The van der Waals surface area contributed by atoms with Gasteiger partial charge in [-0.05, 0) is 46.2 Å². The van der Waals surface area contributed by atoms with Crippen molar-refractivity contribution < 1.29 is 4.79 Å². The van der Waals surface area contributed by atoms with Gasteiger partial charge >= 0.3 is 0 Å². The first-order valence-corrected chi connectivity index (χ1v) is 8.65. The molecule has 0 saturated carbocycles. The number of carbonyl (C=O) groups is 1. The highest BCUT2D eigenvalue weighted by atomic mass is 16.1. The number of aryl methyl sites for hydroxylation is 3. The maximum atomic E-state index is 12.4. The van der Waals surface area contributed by atoms with E-state index in [2.05, 4.69) is 42.4 Å². The highest BCUT2D eigenvalue weighted by Gasteiger charge is 2.16.